The smallest absolute Gasteiger partial charge is 0.258 e. The van der Waals surface area contributed by atoms with Gasteiger partial charge in [-0.25, -0.2) is 0 Å². The van der Waals surface area contributed by atoms with Crippen LogP contribution in [-0.2, 0) is 0 Å². The number of benzene rings is 2. The molecule has 20 heavy (non-hydrogen) atoms. The molecule has 0 bridgehead atoms. The first-order chi connectivity index (χ1) is 9.74. The van der Waals surface area contributed by atoms with E-state index in [-0.39, 0.29) is 5.91 Å². The number of thioether (sulfide) groups is 1. The summed E-state index contributed by atoms with van der Waals surface area (Å²) >= 11 is 1.79. The molecule has 0 saturated carbocycles. The lowest BCUT2D eigenvalue weighted by molar-refractivity contribution is 0.0992. The van der Waals surface area contributed by atoms with Crippen LogP contribution in [0, 0.1) is 0 Å². The van der Waals surface area contributed by atoms with E-state index in [9.17, 15) is 4.79 Å². The minimum Gasteiger partial charge on any atom is -0.310 e. The molecule has 0 aliphatic carbocycles. The molecule has 0 aliphatic heterocycles. The van der Waals surface area contributed by atoms with Crippen LogP contribution in [0.2, 0.25) is 0 Å². The number of carbonyl (C=O) groups excluding carboxylic acids is 1. The minimum atomic E-state index is 0.0233. The van der Waals surface area contributed by atoms with E-state index in [1.54, 1.807) is 16.7 Å². The number of hydrogen-bond donors (Lipinski definition) is 0. The summed E-state index contributed by atoms with van der Waals surface area (Å²) in [5.74, 6) is 1.08. The van der Waals surface area contributed by atoms with Crippen molar-refractivity contribution in [1.29, 1.82) is 0 Å². The first-order valence-corrected chi connectivity index (χ1v) is 7.77. The van der Waals surface area contributed by atoms with Gasteiger partial charge in [0.15, 0.2) is 0 Å². The predicted molar refractivity (Wildman–Crippen MR) is 86.6 cm³/mol. The lowest BCUT2D eigenvalue weighted by atomic mass is 10.2. The van der Waals surface area contributed by atoms with E-state index in [1.165, 1.54) is 0 Å². The van der Waals surface area contributed by atoms with Crippen LogP contribution >= 0.6 is 11.8 Å². The number of anilines is 1. The molecule has 2 aromatic carbocycles. The summed E-state index contributed by atoms with van der Waals surface area (Å²) in [5, 5.41) is 0. The Bertz CT molecular complexity index is 568. The Hall–Kier alpha value is -1.74. The number of hydrogen-bond acceptors (Lipinski definition) is 2. The Labute approximate surface area is 124 Å². The van der Waals surface area contributed by atoms with Crippen LogP contribution in [0.4, 0.5) is 5.69 Å². The summed E-state index contributed by atoms with van der Waals surface area (Å²) in [6.07, 6.45) is 1.12. The van der Waals surface area contributed by atoms with Crippen molar-refractivity contribution in [2.45, 2.75) is 18.2 Å². The lowest BCUT2D eigenvalue weighted by Crippen LogP contribution is -2.26. The molecule has 0 unspecified atom stereocenters. The van der Waals surface area contributed by atoms with Crippen molar-refractivity contribution in [3.63, 3.8) is 0 Å². The normalized spacial score (nSPS) is 10.3. The lowest BCUT2D eigenvalue weighted by Gasteiger charge is -2.20. The second kappa shape index (κ2) is 7.15. The van der Waals surface area contributed by atoms with Crippen LogP contribution in [0.3, 0.4) is 0 Å². The van der Waals surface area contributed by atoms with Crippen LogP contribution in [-0.4, -0.2) is 18.7 Å². The van der Waals surface area contributed by atoms with E-state index in [4.69, 9.17) is 0 Å². The topological polar surface area (TPSA) is 20.3 Å². The van der Waals surface area contributed by atoms with E-state index in [1.807, 2.05) is 55.6 Å². The van der Waals surface area contributed by atoms with Crippen molar-refractivity contribution in [2.24, 2.45) is 0 Å². The van der Waals surface area contributed by atoms with E-state index in [0.717, 1.165) is 22.8 Å². The largest absolute Gasteiger partial charge is 0.310 e. The number of carbonyl (C=O) groups is 1. The first kappa shape index (κ1) is 14.7. The van der Waals surface area contributed by atoms with Crippen molar-refractivity contribution in [3.05, 3.63) is 60.2 Å². The van der Waals surface area contributed by atoms with Crippen LogP contribution in [0.15, 0.2) is 59.5 Å². The van der Waals surface area contributed by atoms with Crippen molar-refractivity contribution < 1.29 is 4.79 Å². The molecule has 0 N–H and O–H groups in total. The highest BCUT2D eigenvalue weighted by Crippen LogP contribution is 2.30. The van der Waals surface area contributed by atoms with Gasteiger partial charge in [-0.15, -0.1) is 11.8 Å². The monoisotopic (exact) mass is 285 g/mol. The Morgan fingerprint density at radius 1 is 1.05 bits per heavy atom. The molecular weight excluding hydrogens is 266 g/mol. The molecule has 0 saturated heterocycles. The fourth-order valence-electron chi connectivity index (χ4n) is 1.95. The minimum absolute atomic E-state index is 0.0233. The molecule has 0 fully saturated rings. The molecule has 2 nitrogen and oxygen atoms in total. The van der Waals surface area contributed by atoms with Crippen molar-refractivity contribution in [2.75, 3.05) is 17.7 Å². The van der Waals surface area contributed by atoms with Crippen LogP contribution < -0.4 is 4.90 Å². The quantitative estimate of drug-likeness (QED) is 0.756. The number of nitrogens with zero attached hydrogens (tertiary/aromatic N) is 1. The van der Waals surface area contributed by atoms with Gasteiger partial charge < -0.3 is 4.90 Å². The fourth-order valence-corrected chi connectivity index (χ4v) is 2.90. The van der Waals surface area contributed by atoms with Gasteiger partial charge in [0, 0.05) is 17.5 Å². The molecule has 0 radical (unpaired) electrons. The molecule has 0 aliphatic rings. The highest BCUT2D eigenvalue weighted by atomic mass is 32.2. The molecule has 0 heterocycles. The van der Waals surface area contributed by atoms with E-state index in [2.05, 4.69) is 13.0 Å². The Morgan fingerprint density at radius 2 is 1.70 bits per heavy atom. The van der Waals surface area contributed by atoms with Gasteiger partial charge in [-0.3, -0.25) is 4.79 Å². The number of amides is 1. The third kappa shape index (κ3) is 3.42. The molecule has 0 atom stereocenters. The van der Waals surface area contributed by atoms with Gasteiger partial charge in [0.2, 0.25) is 0 Å². The molecule has 104 valence electrons. The highest BCUT2D eigenvalue weighted by Gasteiger charge is 2.15. The molecule has 1 amide bonds. The average molecular weight is 285 g/mol. The average Bonchev–Trinajstić information content (AvgIpc) is 2.52. The standard InChI is InChI=1S/C17H19NOS/c1-3-13-20-16-12-8-7-11-15(16)18(2)17(19)14-9-5-4-6-10-14/h4-12H,3,13H2,1-2H3. The molecule has 2 rings (SSSR count). The molecule has 0 aromatic heterocycles. The maximum absolute atomic E-state index is 12.5. The highest BCUT2D eigenvalue weighted by molar-refractivity contribution is 7.99. The SMILES string of the molecule is CCCSc1ccccc1N(C)C(=O)c1ccccc1. The van der Waals surface area contributed by atoms with Crippen molar-refractivity contribution in [1.82, 2.24) is 0 Å². The van der Waals surface area contributed by atoms with E-state index < -0.39 is 0 Å². The summed E-state index contributed by atoms with van der Waals surface area (Å²) < 4.78 is 0. The maximum atomic E-state index is 12.5. The van der Waals surface area contributed by atoms with Gasteiger partial charge >= 0.3 is 0 Å². The maximum Gasteiger partial charge on any atom is 0.258 e. The summed E-state index contributed by atoms with van der Waals surface area (Å²) in [4.78, 5) is 15.4. The zero-order valence-corrected chi connectivity index (χ0v) is 12.7. The van der Waals surface area contributed by atoms with Crippen LogP contribution in [0.5, 0.6) is 0 Å². The molecule has 0 spiro atoms. The third-order valence-electron chi connectivity index (χ3n) is 3.01. The third-order valence-corrected chi connectivity index (χ3v) is 4.28. The van der Waals surface area contributed by atoms with Gasteiger partial charge in [0.1, 0.15) is 0 Å². The predicted octanol–water partition coefficient (Wildman–Crippen LogP) is 4.47. The van der Waals surface area contributed by atoms with Gasteiger partial charge in [-0.1, -0.05) is 37.3 Å². The summed E-state index contributed by atoms with van der Waals surface area (Å²) in [6.45, 7) is 2.16. The number of para-hydroxylation sites is 1. The molecule has 2 aromatic rings. The Kier molecular flexibility index (Phi) is 5.24. The second-order valence-corrected chi connectivity index (χ2v) is 5.68. The first-order valence-electron chi connectivity index (χ1n) is 6.79. The van der Waals surface area contributed by atoms with E-state index in [0.29, 0.717) is 5.56 Å². The van der Waals surface area contributed by atoms with Gasteiger partial charge in [-0.05, 0) is 36.4 Å². The summed E-state index contributed by atoms with van der Waals surface area (Å²) in [7, 11) is 1.83. The fraction of sp³-hybridized carbons (Fsp3) is 0.235. The van der Waals surface area contributed by atoms with Crippen LogP contribution in [0.1, 0.15) is 23.7 Å². The zero-order valence-electron chi connectivity index (χ0n) is 11.9. The Balaban J connectivity index is 2.24. The molecule has 3 heteroatoms. The second-order valence-electron chi connectivity index (χ2n) is 4.55. The van der Waals surface area contributed by atoms with Crippen LogP contribution in [0.25, 0.3) is 0 Å². The summed E-state index contributed by atoms with van der Waals surface area (Å²) in [6, 6.07) is 17.5. The van der Waals surface area contributed by atoms with Crippen molar-refractivity contribution >= 4 is 23.4 Å². The molecular formula is C17H19NOS. The van der Waals surface area contributed by atoms with Gasteiger partial charge in [0.05, 0.1) is 5.69 Å². The van der Waals surface area contributed by atoms with Crippen molar-refractivity contribution in [3.8, 4) is 0 Å². The number of rotatable bonds is 5. The zero-order chi connectivity index (χ0) is 14.4. The van der Waals surface area contributed by atoms with E-state index >= 15 is 0 Å². The van der Waals surface area contributed by atoms with Gasteiger partial charge in [-0.2, -0.15) is 0 Å². The van der Waals surface area contributed by atoms with Gasteiger partial charge in [0.25, 0.3) is 5.91 Å². The Morgan fingerprint density at radius 3 is 2.40 bits per heavy atom. The summed E-state index contributed by atoms with van der Waals surface area (Å²) in [5.41, 5.74) is 1.69.